The lowest BCUT2D eigenvalue weighted by Crippen LogP contribution is -2.10. The summed E-state index contributed by atoms with van der Waals surface area (Å²) in [5.74, 6) is -0.158. The van der Waals surface area contributed by atoms with Crippen LogP contribution in [0.2, 0.25) is 0 Å². The zero-order chi connectivity index (χ0) is 17.0. The molecule has 0 atom stereocenters. The highest BCUT2D eigenvalue weighted by atomic mass is 19.4. The van der Waals surface area contributed by atoms with Crippen molar-refractivity contribution < 1.29 is 18.0 Å². The summed E-state index contributed by atoms with van der Waals surface area (Å²) in [5, 5.41) is 0. The minimum Gasteiger partial charge on any atom is -0.300 e. The third kappa shape index (κ3) is 4.52. The van der Waals surface area contributed by atoms with Gasteiger partial charge in [-0.15, -0.1) is 0 Å². The average molecular weight is 319 g/mol. The molecule has 120 valence electrons. The van der Waals surface area contributed by atoms with E-state index in [-0.39, 0.29) is 12.2 Å². The van der Waals surface area contributed by atoms with E-state index in [1.807, 2.05) is 19.1 Å². The van der Waals surface area contributed by atoms with Crippen molar-refractivity contribution in [2.24, 2.45) is 4.99 Å². The molecule has 23 heavy (non-hydrogen) atoms. The highest BCUT2D eigenvalue weighted by molar-refractivity contribution is 6.11. The molecular weight excluding hydrogens is 303 g/mol. The molecule has 0 amide bonds. The van der Waals surface area contributed by atoms with E-state index in [0.717, 1.165) is 17.7 Å². The van der Waals surface area contributed by atoms with Crippen molar-refractivity contribution in [2.75, 3.05) is 0 Å². The average Bonchev–Trinajstić information content (AvgIpc) is 2.47. The maximum absolute atomic E-state index is 12.9. The number of nitrogens with zero attached hydrogens (tertiary/aromatic N) is 1. The molecule has 0 fully saturated rings. The van der Waals surface area contributed by atoms with Crippen LogP contribution in [0.15, 0.2) is 53.5 Å². The van der Waals surface area contributed by atoms with Gasteiger partial charge in [-0.3, -0.25) is 9.79 Å². The smallest absolute Gasteiger partial charge is 0.300 e. The summed E-state index contributed by atoms with van der Waals surface area (Å²) in [6.07, 6.45) is -4.45. The van der Waals surface area contributed by atoms with Crippen LogP contribution in [0.3, 0.4) is 0 Å². The lowest BCUT2D eigenvalue weighted by molar-refractivity contribution is -0.137. The molecule has 0 aromatic heterocycles. The van der Waals surface area contributed by atoms with Gasteiger partial charge >= 0.3 is 6.18 Å². The van der Waals surface area contributed by atoms with Crippen molar-refractivity contribution in [1.82, 2.24) is 0 Å². The van der Waals surface area contributed by atoms with Crippen LogP contribution < -0.4 is 0 Å². The predicted octanol–water partition coefficient (Wildman–Crippen LogP) is 5.11. The molecule has 0 N–H and O–H groups in total. The van der Waals surface area contributed by atoms with Crippen LogP contribution in [-0.4, -0.2) is 11.5 Å². The predicted molar refractivity (Wildman–Crippen MR) is 84.1 cm³/mol. The van der Waals surface area contributed by atoms with Gasteiger partial charge in [0, 0.05) is 6.42 Å². The summed E-state index contributed by atoms with van der Waals surface area (Å²) < 4.78 is 38.6. The molecule has 2 aromatic rings. The van der Waals surface area contributed by atoms with Crippen LogP contribution in [0, 0.1) is 6.92 Å². The standard InChI is InChI=1S/C18H16F3NO/c1-12-6-3-4-9-16(12)22-17(10-13(2)23)14-7-5-8-15(11-14)18(19,20)21/h3-9,11H,10H2,1-2H3. The number of aryl methyl sites for hydroxylation is 1. The Hall–Kier alpha value is -2.43. The van der Waals surface area contributed by atoms with E-state index >= 15 is 0 Å². The van der Waals surface area contributed by atoms with E-state index in [1.54, 1.807) is 12.1 Å². The molecule has 0 spiro atoms. The number of hydrogen-bond acceptors (Lipinski definition) is 2. The molecule has 5 heteroatoms. The van der Waals surface area contributed by atoms with Crippen molar-refractivity contribution in [3.8, 4) is 0 Å². The van der Waals surface area contributed by atoms with Crippen LogP contribution in [0.25, 0.3) is 0 Å². The highest BCUT2D eigenvalue weighted by Gasteiger charge is 2.30. The molecule has 0 heterocycles. The molecule has 0 unspecified atom stereocenters. The molecule has 2 nitrogen and oxygen atoms in total. The normalized spacial score (nSPS) is 12.3. The number of para-hydroxylation sites is 1. The zero-order valence-electron chi connectivity index (χ0n) is 12.8. The number of carbonyl (C=O) groups excluding carboxylic acids is 1. The Kier molecular flexibility index (Phi) is 4.98. The largest absolute Gasteiger partial charge is 0.416 e. The van der Waals surface area contributed by atoms with Gasteiger partial charge in [-0.05, 0) is 43.2 Å². The van der Waals surface area contributed by atoms with Crippen LogP contribution in [0.4, 0.5) is 18.9 Å². The first kappa shape index (κ1) is 16.9. The van der Waals surface area contributed by atoms with Crippen molar-refractivity contribution in [2.45, 2.75) is 26.4 Å². The van der Waals surface area contributed by atoms with Crippen LogP contribution in [0.5, 0.6) is 0 Å². The second-order valence-electron chi connectivity index (χ2n) is 5.30. The van der Waals surface area contributed by atoms with E-state index in [0.29, 0.717) is 17.0 Å². The Morgan fingerprint density at radius 3 is 2.39 bits per heavy atom. The first-order valence-corrected chi connectivity index (χ1v) is 7.07. The van der Waals surface area contributed by atoms with E-state index in [1.165, 1.54) is 19.1 Å². The quantitative estimate of drug-likeness (QED) is 0.720. The van der Waals surface area contributed by atoms with Gasteiger partial charge in [0.2, 0.25) is 0 Å². The number of halogens is 3. The van der Waals surface area contributed by atoms with Crippen LogP contribution >= 0.6 is 0 Å². The number of rotatable bonds is 4. The van der Waals surface area contributed by atoms with Gasteiger partial charge < -0.3 is 0 Å². The number of Topliss-reactive ketones (excluding diaryl/α,β-unsaturated/α-hetero) is 1. The first-order valence-electron chi connectivity index (χ1n) is 7.07. The van der Waals surface area contributed by atoms with E-state index in [2.05, 4.69) is 4.99 Å². The van der Waals surface area contributed by atoms with Gasteiger partial charge in [0.05, 0.1) is 17.0 Å². The molecule has 0 radical (unpaired) electrons. The second-order valence-corrected chi connectivity index (χ2v) is 5.30. The van der Waals surface area contributed by atoms with Crippen molar-refractivity contribution >= 4 is 17.2 Å². The summed E-state index contributed by atoms with van der Waals surface area (Å²) in [5.41, 5.74) is 1.41. The SMILES string of the molecule is CC(=O)CC(=Nc1ccccc1C)c1cccc(C(F)(F)F)c1. The maximum Gasteiger partial charge on any atom is 0.416 e. The fourth-order valence-corrected chi connectivity index (χ4v) is 2.15. The van der Waals surface area contributed by atoms with Crippen LogP contribution in [-0.2, 0) is 11.0 Å². The number of benzene rings is 2. The molecule has 0 aliphatic carbocycles. The van der Waals surface area contributed by atoms with E-state index in [4.69, 9.17) is 0 Å². The first-order chi connectivity index (χ1) is 10.8. The molecule has 0 aliphatic heterocycles. The van der Waals surface area contributed by atoms with E-state index in [9.17, 15) is 18.0 Å². The van der Waals surface area contributed by atoms with Gasteiger partial charge in [-0.25, -0.2) is 0 Å². The Balaban J connectivity index is 2.52. The third-order valence-corrected chi connectivity index (χ3v) is 3.31. The second kappa shape index (κ2) is 6.77. The van der Waals surface area contributed by atoms with Crippen LogP contribution in [0.1, 0.15) is 30.0 Å². The summed E-state index contributed by atoms with van der Waals surface area (Å²) >= 11 is 0. The van der Waals surface area contributed by atoms with Crippen molar-refractivity contribution in [3.05, 3.63) is 65.2 Å². The van der Waals surface area contributed by atoms with Gasteiger partial charge in [-0.2, -0.15) is 13.2 Å². The Morgan fingerprint density at radius 2 is 1.78 bits per heavy atom. The number of aliphatic imine (C=N–C) groups is 1. The topological polar surface area (TPSA) is 29.4 Å². The van der Waals surface area contributed by atoms with Gasteiger partial charge in [0.1, 0.15) is 5.78 Å². The van der Waals surface area contributed by atoms with Crippen molar-refractivity contribution in [3.63, 3.8) is 0 Å². The Bertz CT molecular complexity index is 748. The Morgan fingerprint density at radius 1 is 1.09 bits per heavy atom. The molecule has 0 aliphatic rings. The van der Waals surface area contributed by atoms with Crippen molar-refractivity contribution in [1.29, 1.82) is 0 Å². The lowest BCUT2D eigenvalue weighted by atomic mass is 10.0. The summed E-state index contributed by atoms with van der Waals surface area (Å²) in [6, 6.07) is 12.2. The highest BCUT2D eigenvalue weighted by Crippen LogP contribution is 2.30. The third-order valence-electron chi connectivity index (χ3n) is 3.31. The van der Waals surface area contributed by atoms with Gasteiger partial charge in [0.15, 0.2) is 0 Å². The number of hydrogen-bond donors (Lipinski definition) is 0. The minimum atomic E-state index is -4.43. The minimum absolute atomic E-state index is 0.0182. The molecular formula is C18H16F3NO. The summed E-state index contributed by atoms with van der Waals surface area (Å²) in [6.45, 7) is 3.25. The lowest BCUT2D eigenvalue weighted by Gasteiger charge is -2.11. The van der Waals surface area contributed by atoms with Gasteiger partial charge in [-0.1, -0.05) is 30.3 Å². The number of carbonyl (C=O) groups is 1. The zero-order valence-corrected chi connectivity index (χ0v) is 12.8. The molecule has 0 bridgehead atoms. The Labute approximate surface area is 132 Å². The number of ketones is 1. The molecule has 0 saturated carbocycles. The molecule has 2 aromatic carbocycles. The summed E-state index contributed by atoms with van der Waals surface area (Å²) in [4.78, 5) is 15.9. The molecule has 0 saturated heterocycles. The maximum atomic E-state index is 12.9. The van der Waals surface area contributed by atoms with E-state index < -0.39 is 11.7 Å². The fourth-order valence-electron chi connectivity index (χ4n) is 2.15. The van der Waals surface area contributed by atoms with Gasteiger partial charge in [0.25, 0.3) is 0 Å². The monoisotopic (exact) mass is 319 g/mol. The molecule has 2 rings (SSSR count). The summed E-state index contributed by atoms with van der Waals surface area (Å²) in [7, 11) is 0. The fraction of sp³-hybridized carbons (Fsp3) is 0.222. The number of alkyl halides is 3.